The van der Waals surface area contributed by atoms with Crippen LogP contribution in [0.5, 0.6) is 0 Å². The van der Waals surface area contributed by atoms with Crippen LogP contribution in [0.25, 0.3) is 0 Å². The third-order valence-corrected chi connectivity index (χ3v) is 4.37. The van der Waals surface area contributed by atoms with E-state index in [9.17, 15) is 23.1 Å². The summed E-state index contributed by atoms with van der Waals surface area (Å²) in [5.41, 5.74) is -3.56. The van der Waals surface area contributed by atoms with E-state index in [4.69, 9.17) is 10.4 Å². The van der Waals surface area contributed by atoms with E-state index in [-0.39, 0.29) is 12.3 Å². The molecule has 0 aliphatic heterocycles. The summed E-state index contributed by atoms with van der Waals surface area (Å²) in [6, 6.07) is 4.54. The summed E-state index contributed by atoms with van der Waals surface area (Å²) in [7, 11) is 1.56. The number of carbonyl (C=O) groups excluding carboxylic acids is 1. The van der Waals surface area contributed by atoms with Crippen LogP contribution in [-0.4, -0.2) is 46.9 Å². The molecular formula is C20H28F3N3O3. The normalized spacial score (nSPS) is 12.1. The van der Waals surface area contributed by atoms with Crippen LogP contribution in [0.15, 0.2) is 18.2 Å². The Morgan fingerprint density at radius 3 is 2.24 bits per heavy atom. The number of aliphatic hydroxyl groups is 2. The molecule has 1 aromatic rings. The molecule has 0 aliphatic rings. The molecule has 1 amide bonds. The van der Waals surface area contributed by atoms with Crippen LogP contribution < -0.4 is 5.01 Å². The zero-order chi connectivity index (χ0) is 22.2. The zero-order valence-electron chi connectivity index (χ0n) is 17.0. The second-order valence-electron chi connectivity index (χ2n) is 7.39. The van der Waals surface area contributed by atoms with Crippen LogP contribution in [0.4, 0.5) is 18.9 Å². The number of nitrogens with zero attached hydrogens (tertiary/aromatic N) is 3. The van der Waals surface area contributed by atoms with E-state index in [0.717, 1.165) is 36.4 Å². The summed E-state index contributed by atoms with van der Waals surface area (Å²) in [6.07, 6.45) is -0.767. The van der Waals surface area contributed by atoms with Gasteiger partial charge in [-0.3, -0.25) is 4.79 Å². The van der Waals surface area contributed by atoms with Crippen molar-refractivity contribution in [2.24, 2.45) is 0 Å². The van der Waals surface area contributed by atoms with Crippen LogP contribution in [0.3, 0.4) is 0 Å². The second-order valence-corrected chi connectivity index (χ2v) is 7.39. The van der Waals surface area contributed by atoms with Gasteiger partial charge in [0.05, 0.1) is 22.9 Å². The van der Waals surface area contributed by atoms with E-state index >= 15 is 0 Å². The Balaban J connectivity index is 3.14. The van der Waals surface area contributed by atoms with Gasteiger partial charge in [-0.1, -0.05) is 19.3 Å². The van der Waals surface area contributed by atoms with Crippen molar-refractivity contribution in [2.75, 3.05) is 25.2 Å². The molecule has 6 nitrogen and oxygen atoms in total. The number of nitriles is 1. The number of carbonyl (C=O) groups is 1. The highest BCUT2D eigenvalue weighted by molar-refractivity contribution is 5.98. The predicted molar refractivity (Wildman–Crippen MR) is 103 cm³/mol. The monoisotopic (exact) mass is 415 g/mol. The lowest BCUT2D eigenvalue weighted by atomic mass is 10.1. The van der Waals surface area contributed by atoms with Gasteiger partial charge in [0.15, 0.2) is 0 Å². The van der Waals surface area contributed by atoms with Gasteiger partial charge in [-0.05, 0) is 44.9 Å². The molecule has 0 radical (unpaired) electrons. The van der Waals surface area contributed by atoms with E-state index in [1.54, 1.807) is 7.05 Å². The second kappa shape index (κ2) is 10.6. The molecular weight excluding hydrogens is 387 g/mol. The minimum absolute atomic E-state index is 0.0776. The maximum atomic E-state index is 13.3. The van der Waals surface area contributed by atoms with Crippen LogP contribution in [0, 0.1) is 11.3 Å². The summed E-state index contributed by atoms with van der Waals surface area (Å²) >= 11 is 0. The maximum Gasteiger partial charge on any atom is 0.417 e. The number of hydrazine groups is 1. The number of halogens is 3. The minimum Gasteiger partial charge on any atom is -0.396 e. The number of amides is 1. The van der Waals surface area contributed by atoms with E-state index in [0.29, 0.717) is 19.4 Å². The molecule has 0 aromatic heterocycles. The number of rotatable bonds is 10. The molecule has 0 aliphatic carbocycles. The molecule has 0 saturated heterocycles. The quantitative estimate of drug-likeness (QED) is 0.451. The number of hydrogen-bond acceptors (Lipinski definition) is 5. The molecule has 162 valence electrons. The van der Waals surface area contributed by atoms with Crippen molar-refractivity contribution in [1.82, 2.24) is 5.01 Å². The van der Waals surface area contributed by atoms with Gasteiger partial charge >= 0.3 is 6.18 Å². The Labute approximate surface area is 169 Å². The Morgan fingerprint density at radius 2 is 1.72 bits per heavy atom. The highest BCUT2D eigenvalue weighted by atomic mass is 19.4. The molecule has 2 N–H and O–H groups in total. The summed E-state index contributed by atoms with van der Waals surface area (Å²) in [6.45, 7) is 3.04. The number of benzene rings is 1. The molecule has 29 heavy (non-hydrogen) atoms. The topological polar surface area (TPSA) is 87.8 Å². The van der Waals surface area contributed by atoms with Gasteiger partial charge in [-0.2, -0.15) is 18.4 Å². The van der Waals surface area contributed by atoms with E-state index in [1.165, 1.54) is 31.0 Å². The lowest BCUT2D eigenvalue weighted by Crippen LogP contribution is -2.53. The largest absolute Gasteiger partial charge is 0.417 e. The van der Waals surface area contributed by atoms with Crippen molar-refractivity contribution >= 4 is 11.6 Å². The summed E-state index contributed by atoms with van der Waals surface area (Å²) in [5.74, 6) is -0.780. The average molecular weight is 415 g/mol. The summed E-state index contributed by atoms with van der Waals surface area (Å²) in [4.78, 5) is 12.8. The van der Waals surface area contributed by atoms with Gasteiger partial charge in [0.25, 0.3) is 5.91 Å². The van der Waals surface area contributed by atoms with Crippen molar-refractivity contribution in [3.05, 3.63) is 29.3 Å². The molecule has 0 bridgehead atoms. The van der Waals surface area contributed by atoms with Crippen molar-refractivity contribution in [3.63, 3.8) is 0 Å². The fraction of sp³-hybridized carbons (Fsp3) is 0.600. The van der Waals surface area contributed by atoms with E-state index < -0.39 is 28.8 Å². The molecule has 0 fully saturated rings. The molecule has 0 heterocycles. The highest BCUT2D eigenvalue weighted by Gasteiger charge is 2.37. The lowest BCUT2D eigenvalue weighted by molar-refractivity contribution is -0.138. The third kappa shape index (κ3) is 7.31. The first-order valence-corrected chi connectivity index (χ1v) is 9.43. The minimum atomic E-state index is -4.75. The number of anilines is 1. The first kappa shape index (κ1) is 24.9. The maximum absolute atomic E-state index is 13.3. The Bertz CT molecular complexity index is 724. The number of hydrogen-bond donors (Lipinski definition) is 2. The number of aliphatic hydroxyl groups excluding tert-OH is 1. The average Bonchev–Trinajstić information content (AvgIpc) is 2.63. The van der Waals surface area contributed by atoms with Crippen molar-refractivity contribution in [3.8, 4) is 6.07 Å². The van der Waals surface area contributed by atoms with Crippen molar-refractivity contribution in [2.45, 2.75) is 57.7 Å². The Kier molecular flexibility index (Phi) is 9.08. The third-order valence-electron chi connectivity index (χ3n) is 4.37. The molecule has 0 unspecified atom stereocenters. The Morgan fingerprint density at radius 1 is 1.14 bits per heavy atom. The van der Waals surface area contributed by atoms with Gasteiger partial charge in [0.2, 0.25) is 0 Å². The van der Waals surface area contributed by atoms with Crippen molar-refractivity contribution < 1.29 is 28.2 Å². The van der Waals surface area contributed by atoms with Crippen LogP contribution in [0.2, 0.25) is 0 Å². The van der Waals surface area contributed by atoms with Gasteiger partial charge in [-0.15, -0.1) is 0 Å². The first-order valence-electron chi connectivity index (χ1n) is 9.43. The SMILES string of the molecule is CN(CCCCCCCO)N(C(=O)C(C)(C)O)c1ccc(C#N)c(C(F)(F)F)c1. The highest BCUT2D eigenvalue weighted by Crippen LogP contribution is 2.35. The summed E-state index contributed by atoms with van der Waals surface area (Å²) in [5, 5.41) is 30.4. The standard InChI is InChI=1S/C20H28F3N3O3/c1-19(2,29)18(28)26(25(3)11-7-5-4-6-8-12-27)16-10-9-15(14-24)17(13-16)20(21,22)23/h9-10,13,27,29H,4-8,11-12H2,1-3H3. The fourth-order valence-corrected chi connectivity index (χ4v) is 2.81. The van der Waals surface area contributed by atoms with Crippen molar-refractivity contribution in [1.29, 1.82) is 5.26 Å². The summed E-state index contributed by atoms with van der Waals surface area (Å²) < 4.78 is 40.0. The lowest BCUT2D eigenvalue weighted by Gasteiger charge is -2.36. The smallest absolute Gasteiger partial charge is 0.396 e. The fourth-order valence-electron chi connectivity index (χ4n) is 2.81. The Hall–Kier alpha value is -2.15. The van der Waals surface area contributed by atoms with Gasteiger partial charge in [0, 0.05) is 20.2 Å². The number of unbranched alkanes of at least 4 members (excludes halogenated alkanes) is 4. The first-order chi connectivity index (χ1) is 13.4. The van der Waals surface area contributed by atoms with Crippen LogP contribution in [0.1, 0.15) is 57.1 Å². The molecule has 1 rings (SSSR count). The molecule has 0 spiro atoms. The van der Waals surface area contributed by atoms with Gasteiger partial charge < -0.3 is 10.2 Å². The van der Waals surface area contributed by atoms with E-state index in [2.05, 4.69) is 0 Å². The van der Waals surface area contributed by atoms with Gasteiger partial charge in [0.1, 0.15) is 5.60 Å². The number of alkyl halides is 3. The molecule has 0 atom stereocenters. The molecule has 1 aromatic carbocycles. The zero-order valence-corrected chi connectivity index (χ0v) is 17.0. The van der Waals surface area contributed by atoms with Crippen LogP contribution in [-0.2, 0) is 11.0 Å². The van der Waals surface area contributed by atoms with Crippen LogP contribution >= 0.6 is 0 Å². The molecule has 9 heteroatoms. The van der Waals surface area contributed by atoms with E-state index in [1.807, 2.05) is 0 Å². The molecule has 0 saturated carbocycles. The predicted octanol–water partition coefficient (Wildman–Crippen LogP) is 3.47. The van der Waals surface area contributed by atoms with Gasteiger partial charge in [-0.25, -0.2) is 10.0 Å².